The number of hydrogen-bond donors (Lipinski definition) is 2. The quantitative estimate of drug-likeness (QED) is 0.294. The molecule has 25 heavy (non-hydrogen) atoms. The molecule has 0 bridgehead atoms. The molecule has 1 aliphatic rings. The summed E-state index contributed by atoms with van der Waals surface area (Å²) in [6.07, 6.45) is 0. The zero-order valence-electron chi connectivity index (χ0n) is 13.2. The average Bonchev–Trinajstić information content (AvgIpc) is 2.90. The number of amides is 1. The number of benzene rings is 2. The first kappa shape index (κ1) is 16.4. The number of nitro benzene ring substituents is 1. The van der Waals surface area contributed by atoms with E-state index in [1.807, 2.05) is 6.92 Å². The minimum Gasteiger partial charge on any atom is -0.507 e. The van der Waals surface area contributed by atoms with E-state index in [-0.39, 0.29) is 17.0 Å². The van der Waals surface area contributed by atoms with Crippen LogP contribution in [-0.4, -0.2) is 21.7 Å². The second-order valence-corrected chi connectivity index (χ2v) is 5.72. The van der Waals surface area contributed by atoms with E-state index in [0.717, 1.165) is 5.56 Å². The van der Waals surface area contributed by atoms with Gasteiger partial charge in [0, 0.05) is 17.7 Å². The fourth-order valence-electron chi connectivity index (χ4n) is 2.70. The Hall–Kier alpha value is -3.48. The van der Waals surface area contributed by atoms with Gasteiger partial charge in [0.1, 0.15) is 5.76 Å². The number of nitrogens with zero attached hydrogens (tertiary/aromatic N) is 1. The molecule has 1 saturated heterocycles. The van der Waals surface area contributed by atoms with Gasteiger partial charge in [-0.15, -0.1) is 0 Å². The summed E-state index contributed by atoms with van der Waals surface area (Å²) in [7, 11) is 0. The molecule has 126 valence electrons. The van der Waals surface area contributed by atoms with Crippen LogP contribution in [0.2, 0.25) is 0 Å². The van der Waals surface area contributed by atoms with Crippen molar-refractivity contribution < 1.29 is 19.6 Å². The number of carbonyl (C=O) groups excluding carboxylic acids is 2. The average molecular weight is 338 g/mol. The van der Waals surface area contributed by atoms with Gasteiger partial charge in [-0.05, 0) is 12.5 Å². The van der Waals surface area contributed by atoms with E-state index in [2.05, 4.69) is 5.32 Å². The lowest BCUT2D eigenvalue weighted by Gasteiger charge is -2.13. The minimum absolute atomic E-state index is 0.116. The third-order valence-electron chi connectivity index (χ3n) is 4.01. The van der Waals surface area contributed by atoms with Gasteiger partial charge in [0.2, 0.25) is 0 Å². The van der Waals surface area contributed by atoms with Crippen LogP contribution in [-0.2, 0) is 9.59 Å². The molecule has 1 unspecified atom stereocenters. The predicted molar refractivity (Wildman–Crippen MR) is 89.7 cm³/mol. The molecule has 1 fully saturated rings. The largest absolute Gasteiger partial charge is 0.507 e. The van der Waals surface area contributed by atoms with Gasteiger partial charge in [-0.3, -0.25) is 19.7 Å². The first-order valence-corrected chi connectivity index (χ1v) is 7.48. The van der Waals surface area contributed by atoms with Gasteiger partial charge in [-0.25, -0.2) is 0 Å². The fourth-order valence-corrected chi connectivity index (χ4v) is 2.70. The van der Waals surface area contributed by atoms with Gasteiger partial charge in [-0.2, -0.15) is 0 Å². The Bertz CT molecular complexity index is 915. The van der Waals surface area contributed by atoms with E-state index in [1.54, 1.807) is 30.3 Å². The van der Waals surface area contributed by atoms with Crippen LogP contribution in [0.5, 0.6) is 0 Å². The van der Waals surface area contributed by atoms with Gasteiger partial charge in [0.05, 0.1) is 16.5 Å². The Morgan fingerprint density at radius 3 is 2.48 bits per heavy atom. The number of nitro groups is 1. The molecule has 0 aliphatic carbocycles. The normalized spacial score (nSPS) is 18.8. The summed E-state index contributed by atoms with van der Waals surface area (Å²) in [6.45, 7) is 1.88. The van der Waals surface area contributed by atoms with E-state index >= 15 is 0 Å². The zero-order valence-corrected chi connectivity index (χ0v) is 13.2. The monoisotopic (exact) mass is 338 g/mol. The van der Waals surface area contributed by atoms with Gasteiger partial charge in [0.25, 0.3) is 17.4 Å². The lowest BCUT2D eigenvalue weighted by molar-refractivity contribution is -0.384. The lowest BCUT2D eigenvalue weighted by Crippen LogP contribution is -2.21. The molecule has 1 amide bonds. The number of Topliss-reactive ketones (excluding diaryl/α,β-unsaturated/α-hetero) is 1. The molecular weight excluding hydrogens is 324 g/mol. The maximum absolute atomic E-state index is 12.2. The second-order valence-electron chi connectivity index (χ2n) is 5.72. The molecule has 0 saturated carbocycles. The molecule has 7 heteroatoms. The smallest absolute Gasteiger partial charge is 0.293 e. The van der Waals surface area contributed by atoms with Crippen molar-refractivity contribution >= 4 is 23.1 Å². The molecular formula is C18H14N2O5. The van der Waals surface area contributed by atoms with Crippen LogP contribution >= 0.6 is 0 Å². The van der Waals surface area contributed by atoms with Crippen LogP contribution in [0.3, 0.4) is 0 Å². The molecule has 2 aromatic carbocycles. The molecule has 0 aromatic heterocycles. The maximum atomic E-state index is 12.2. The summed E-state index contributed by atoms with van der Waals surface area (Å²) in [5, 5.41) is 24.0. The van der Waals surface area contributed by atoms with E-state index in [0.29, 0.717) is 11.1 Å². The first-order chi connectivity index (χ1) is 11.9. The van der Waals surface area contributed by atoms with Crippen molar-refractivity contribution in [2.75, 3.05) is 0 Å². The van der Waals surface area contributed by atoms with Gasteiger partial charge in [-0.1, -0.05) is 42.0 Å². The van der Waals surface area contributed by atoms with E-state index in [1.165, 1.54) is 18.2 Å². The Labute approximate surface area is 142 Å². The van der Waals surface area contributed by atoms with Crippen molar-refractivity contribution in [3.63, 3.8) is 0 Å². The molecule has 1 atom stereocenters. The number of non-ortho nitro benzene ring substituents is 1. The summed E-state index contributed by atoms with van der Waals surface area (Å²) < 4.78 is 0. The molecule has 2 aromatic rings. The van der Waals surface area contributed by atoms with Crippen LogP contribution in [0.4, 0.5) is 5.69 Å². The third kappa shape index (κ3) is 2.99. The van der Waals surface area contributed by atoms with Crippen molar-refractivity contribution in [3.05, 3.63) is 80.9 Å². The van der Waals surface area contributed by atoms with Gasteiger partial charge in [0.15, 0.2) is 0 Å². The van der Waals surface area contributed by atoms with Crippen LogP contribution in [0.1, 0.15) is 22.7 Å². The number of nitrogens with one attached hydrogen (secondary N) is 1. The number of hydrogen-bond acceptors (Lipinski definition) is 5. The fraction of sp³-hybridized carbons (Fsp3) is 0.111. The van der Waals surface area contributed by atoms with Crippen molar-refractivity contribution in [3.8, 4) is 0 Å². The van der Waals surface area contributed by atoms with Crippen molar-refractivity contribution in [1.29, 1.82) is 0 Å². The number of aryl methyl sites for hydroxylation is 1. The first-order valence-electron chi connectivity index (χ1n) is 7.48. The van der Waals surface area contributed by atoms with Crippen molar-refractivity contribution in [2.24, 2.45) is 0 Å². The number of ketones is 1. The highest BCUT2D eigenvalue weighted by Gasteiger charge is 2.39. The maximum Gasteiger partial charge on any atom is 0.293 e. The molecule has 3 rings (SSSR count). The van der Waals surface area contributed by atoms with Crippen LogP contribution < -0.4 is 5.32 Å². The second kappa shape index (κ2) is 6.20. The van der Waals surface area contributed by atoms with Crippen LogP contribution in [0.25, 0.3) is 5.76 Å². The van der Waals surface area contributed by atoms with Crippen molar-refractivity contribution in [1.82, 2.24) is 5.32 Å². The summed E-state index contributed by atoms with van der Waals surface area (Å²) >= 11 is 0. The number of rotatable bonds is 3. The van der Waals surface area contributed by atoms with E-state index < -0.39 is 22.7 Å². The summed E-state index contributed by atoms with van der Waals surface area (Å²) in [4.78, 5) is 34.5. The minimum atomic E-state index is -0.943. The highest BCUT2D eigenvalue weighted by Crippen LogP contribution is 2.34. The summed E-state index contributed by atoms with van der Waals surface area (Å²) in [6, 6.07) is 11.5. The highest BCUT2D eigenvalue weighted by atomic mass is 16.6. The highest BCUT2D eigenvalue weighted by molar-refractivity contribution is 6.46. The zero-order chi connectivity index (χ0) is 18.1. The number of carbonyl (C=O) groups is 2. The Kier molecular flexibility index (Phi) is 4.06. The summed E-state index contributed by atoms with van der Waals surface area (Å²) in [5.74, 6) is -2.03. The number of aliphatic hydroxyl groups is 1. The standard InChI is InChI=1S/C18H14N2O5/c1-10-5-7-11(8-6-10)16(21)14-15(19-18(23)17(14)22)12-3-2-4-13(9-12)20(24)25/h2-9,15,21H,1H3,(H,19,23). The Balaban J connectivity index is 2.12. The molecule has 7 nitrogen and oxygen atoms in total. The lowest BCUT2D eigenvalue weighted by atomic mass is 9.95. The molecule has 0 spiro atoms. The number of aliphatic hydroxyl groups excluding tert-OH is 1. The molecule has 0 radical (unpaired) electrons. The van der Waals surface area contributed by atoms with E-state index in [4.69, 9.17) is 0 Å². The van der Waals surface area contributed by atoms with Gasteiger partial charge < -0.3 is 10.4 Å². The van der Waals surface area contributed by atoms with Crippen LogP contribution in [0, 0.1) is 17.0 Å². The topological polar surface area (TPSA) is 110 Å². The SMILES string of the molecule is Cc1ccc(C(O)=C2C(=O)C(=O)NC2c2cccc([N+](=O)[O-])c2)cc1. The Morgan fingerprint density at radius 1 is 1.16 bits per heavy atom. The summed E-state index contributed by atoms with van der Waals surface area (Å²) in [5.41, 5.74) is 1.43. The predicted octanol–water partition coefficient (Wildman–Crippen LogP) is 2.61. The van der Waals surface area contributed by atoms with E-state index in [9.17, 15) is 24.8 Å². The van der Waals surface area contributed by atoms with Crippen LogP contribution in [0.15, 0.2) is 54.1 Å². The molecule has 2 N–H and O–H groups in total. The Morgan fingerprint density at radius 2 is 1.84 bits per heavy atom. The third-order valence-corrected chi connectivity index (χ3v) is 4.01. The molecule has 1 aliphatic heterocycles. The van der Waals surface area contributed by atoms with Gasteiger partial charge >= 0.3 is 0 Å². The molecule has 1 heterocycles. The van der Waals surface area contributed by atoms with Crippen molar-refractivity contribution in [2.45, 2.75) is 13.0 Å².